The van der Waals surface area contributed by atoms with Gasteiger partial charge in [-0.15, -0.1) is 0 Å². The number of carboxylic acids is 1. The van der Waals surface area contributed by atoms with E-state index in [-0.39, 0.29) is 17.9 Å². The van der Waals surface area contributed by atoms with Gasteiger partial charge in [0.25, 0.3) is 0 Å². The van der Waals surface area contributed by atoms with E-state index in [9.17, 15) is 19.5 Å². The van der Waals surface area contributed by atoms with Crippen molar-refractivity contribution in [1.29, 1.82) is 0 Å². The zero-order valence-corrected chi connectivity index (χ0v) is 14.4. The predicted octanol–water partition coefficient (Wildman–Crippen LogP) is 0.712. The Morgan fingerprint density at radius 2 is 1.77 bits per heavy atom. The second kappa shape index (κ2) is 8.66. The number of esters is 1. The molecular formula is C19H18NO6-. The van der Waals surface area contributed by atoms with E-state index < -0.39 is 23.9 Å². The number of aliphatic carboxylic acids is 1. The summed E-state index contributed by atoms with van der Waals surface area (Å²) in [4.78, 5) is 34.4. The van der Waals surface area contributed by atoms with Crippen molar-refractivity contribution in [1.82, 2.24) is 5.32 Å². The van der Waals surface area contributed by atoms with Gasteiger partial charge in [-0.3, -0.25) is 4.79 Å². The van der Waals surface area contributed by atoms with Gasteiger partial charge >= 0.3 is 5.97 Å². The van der Waals surface area contributed by atoms with Crippen LogP contribution in [0.25, 0.3) is 0 Å². The third kappa shape index (κ3) is 5.07. The largest absolute Gasteiger partial charge is 0.548 e. The molecule has 1 atom stereocenters. The summed E-state index contributed by atoms with van der Waals surface area (Å²) in [6.45, 7) is 1.22. The highest BCUT2D eigenvalue weighted by atomic mass is 16.6. The molecule has 0 aliphatic carbocycles. The second-order valence-corrected chi connectivity index (χ2v) is 5.52. The Kier molecular flexibility index (Phi) is 6.32. The highest BCUT2D eigenvalue weighted by Gasteiger charge is 2.16. The second-order valence-electron chi connectivity index (χ2n) is 5.52. The zero-order valence-electron chi connectivity index (χ0n) is 14.4. The predicted molar refractivity (Wildman–Crippen MR) is 90.7 cm³/mol. The average Bonchev–Trinajstić information content (AvgIpc) is 2.62. The molecule has 0 unspecified atom stereocenters. The summed E-state index contributed by atoms with van der Waals surface area (Å²) in [5, 5.41) is 13.4. The summed E-state index contributed by atoms with van der Waals surface area (Å²) in [5.41, 5.74) is 0.964. The number of carbonyl (C=O) groups is 3. The summed E-state index contributed by atoms with van der Waals surface area (Å²) in [7, 11) is 1.41. The SMILES string of the molecule is COc1cc(C[C@H](NC(C)=O)C(=O)[O-])ccc1OC(=O)c1ccccc1. The molecule has 0 spiro atoms. The third-order valence-corrected chi connectivity index (χ3v) is 3.54. The van der Waals surface area contributed by atoms with Crippen molar-refractivity contribution < 1.29 is 29.0 Å². The van der Waals surface area contributed by atoms with E-state index in [2.05, 4.69) is 5.32 Å². The first-order chi connectivity index (χ1) is 12.4. The van der Waals surface area contributed by atoms with Crippen LogP contribution < -0.4 is 19.9 Å². The number of ether oxygens (including phenoxy) is 2. The van der Waals surface area contributed by atoms with Crippen LogP contribution in [0, 0.1) is 0 Å². The van der Waals surface area contributed by atoms with Crippen LogP contribution in [0.5, 0.6) is 11.5 Å². The quantitative estimate of drug-likeness (QED) is 0.579. The Morgan fingerprint density at radius 3 is 2.35 bits per heavy atom. The summed E-state index contributed by atoms with van der Waals surface area (Å²) in [6.07, 6.45) is 0.00514. The van der Waals surface area contributed by atoms with Gasteiger partial charge in [-0.1, -0.05) is 24.3 Å². The lowest BCUT2D eigenvalue weighted by molar-refractivity contribution is -0.308. The minimum Gasteiger partial charge on any atom is -0.548 e. The Bertz CT molecular complexity index is 803. The first kappa shape index (κ1) is 19.0. The highest BCUT2D eigenvalue weighted by molar-refractivity contribution is 5.91. The first-order valence-electron chi connectivity index (χ1n) is 7.82. The van der Waals surface area contributed by atoms with Crippen LogP contribution in [0.1, 0.15) is 22.8 Å². The normalized spacial score (nSPS) is 11.3. The van der Waals surface area contributed by atoms with Crippen molar-refractivity contribution in [3.8, 4) is 11.5 Å². The molecule has 136 valence electrons. The van der Waals surface area contributed by atoms with Gasteiger partial charge < -0.3 is 24.7 Å². The molecule has 26 heavy (non-hydrogen) atoms. The molecule has 2 aromatic rings. The number of carbonyl (C=O) groups excluding carboxylic acids is 3. The smallest absolute Gasteiger partial charge is 0.343 e. The standard InChI is InChI=1S/C19H19NO6/c1-12(21)20-15(18(22)23)10-13-8-9-16(17(11-13)25-2)26-19(24)14-6-4-3-5-7-14/h3-9,11,15H,10H2,1-2H3,(H,20,21)(H,22,23)/p-1/t15-/m0/s1. The van der Waals surface area contributed by atoms with Crippen LogP contribution in [0.3, 0.4) is 0 Å². The minimum atomic E-state index is -1.39. The van der Waals surface area contributed by atoms with E-state index in [0.29, 0.717) is 11.1 Å². The van der Waals surface area contributed by atoms with E-state index in [1.165, 1.54) is 20.1 Å². The Balaban J connectivity index is 2.17. The monoisotopic (exact) mass is 356 g/mol. The lowest BCUT2D eigenvalue weighted by atomic mass is 10.1. The molecule has 0 saturated heterocycles. The van der Waals surface area contributed by atoms with Gasteiger partial charge in [-0.05, 0) is 36.2 Å². The van der Waals surface area contributed by atoms with Crippen LogP contribution in [-0.2, 0) is 16.0 Å². The van der Waals surface area contributed by atoms with Gasteiger partial charge in [-0.2, -0.15) is 0 Å². The fourth-order valence-corrected chi connectivity index (χ4v) is 2.33. The van der Waals surface area contributed by atoms with Gasteiger partial charge in [0, 0.05) is 6.92 Å². The van der Waals surface area contributed by atoms with E-state index in [1.54, 1.807) is 42.5 Å². The van der Waals surface area contributed by atoms with Gasteiger partial charge in [0.05, 0.1) is 24.7 Å². The maximum absolute atomic E-state index is 12.1. The number of carboxylic acid groups (broad SMARTS) is 1. The molecule has 1 N–H and O–H groups in total. The lowest BCUT2D eigenvalue weighted by Gasteiger charge is -2.19. The Morgan fingerprint density at radius 1 is 1.08 bits per heavy atom. The van der Waals surface area contributed by atoms with Crippen molar-refractivity contribution in [2.75, 3.05) is 7.11 Å². The molecule has 0 saturated carbocycles. The Labute approximate surface area is 150 Å². The molecular weight excluding hydrogens is 338 g/mol. The molecule has 0 radical (unpaired) electrons. The fraction of sp³-hybridized carbons (Fsp3) is 0.211. The van der Waals surface area contributed by atoms with E-state index in [1.807, 2.05) is 0 Å². The molecule has 7 nitrogen and oxygen atoms in total. The summed E-state index contributed by atoms with van der Waals surface area (Å²) >= 11 is 0. The molecule has 0 fully saturated rings. The highest BCUT2D eigenvalue weighted by Crippen LogP contribution is 2.29. The van der Waals surface area contributed by atoms with Crippen molar-refractivity contribution in [3.05, 3.63) is 59.7 Å². The number of methoxy groups -OCH3 is 1. The Hall–Kier alpha value is -3.35. The maximum atomic E-state index is 12.1. The average molecular weight is 356 g/mol. The summed E-state index contributed by atoms with van der Waals surface area (Å²) < 4.78 is 10.6. The molecule has 0 bridgehead atoms. The number of nitrogens with one attached hydrogen (secondary N) is 1. The van der Waals surface area contributed by atoms with E-state index >= 15 is 0 Å². The van der Waals surface area contributed by atoms with Gasteiger partial charge in [0.15, 0.2) is 11.5 Å². The number of amides is 1. The number of benzene rings is 2. The third-order valence-electron chi connectivity index (χ3n) is 3.54. The number of hydrogen-bond donors (Lipinski definition) is 1. The molecule has 0 aromatic heterocycles. The van der Waals surface area contributed by atoms with Gasteiger partial charge in [0.2, 0.25) is 5.91 Å². The maximum Gasteiger partial charge on any atom is 0.343 e. The van der Waals surface area contributed by atoms with E-state index in [0.717, 1.165) is 0 Å². The van der Waals surface area contributed by atoms with Crippen LogP contribution in [0.15, 0.2) is 48.5 Å². The fourth-order valence-electron chi connectivity index (χ4n) is 2.33. The molecule has 0 aliphatic rings. The van der Waals surface area contributed by atoms with Crippen LogP contribution in [-0.4, -0.2) is 31.0 Å². The topological polar surface area (TPSA) is 105 Å². The van der Waals surface area contributed by atoms with Gasteiger partial charge in [0.1, 0.15) is 0 Å². The van der Waals surface area contributed by atoms with Crippen molar-refractivity contribution in [2.24, 2.45) is 0 Å². The number of hydrogen-bond acceptors (Lipinski definition) is 6. The van der Waals surface area contributed by atoms with E-state index in [4.69, 9.17) is 9.47 Å². The number of rotatable bonds is 7. The van der Waals surface area contributed by atoms with Crippen LogP contribution >= 0.6 is 0 Å². The molecule has 2 rings (SSSR count). The molecule has 1 amide bonds. The molecule has 0 heterocycles. The minimum absolute atomic E-state index is 0.00514. The van der Waals surface area contributed by atoms with Crippen molar-refractivity contribution >= 4 is 17.8 Å². The lowest BCUT2D eigenvalue weighted by Crippen LogP contribution is -2.48. The van der Waals surface area contributed by atoms with Crippen LogP contribution in [0.4, 0.5) is 0 Å². The van der Waals surface area contributed by atoms with Crippen molar-refractivity contribution in [2.45, 2.75) is 19.4 Å². The van der Waals surface area contributed by atoms with Crippen LogP contribution in [0.2, 0.25) is 0 Å². The summed E-state index contributed by atoms with van der Waals surface area (Å²) in [6, 6.07) is 12.0. The molecule has 0 aliphatic heterocycles. The summed E-state index contributed by atoms with van der Waals surface area (Å²) in [5.74, 6) is -1.93. The van der Waals surface area contributed by atoms with Gasteiger partial charge in [-0.25, -0.2) is 4.79 Å². The van der Waals surface area contributed by atoms with Crippen molar-refractivity contribution in [3.63, 3.8) is 0 Å². The molecule has 7 heteroatoms. The first-order valence-corrected chi connectivity index (χ1v) is 7.82. The zero-order chi connectivity index (χ0) is 19.1. The molecule has 2 aromatic carbocycles.